The van der Waals surface area contributed by atoms with Crippen molar-refractivity contribution >= 4 is 11.6 Å². The number of hydrogen-bond donors (Lipinski definition) is 0. The second kappa shape index (κ2) is 5.07. The van der Waals surface area contributed by atoms with Gasteiger partial charge < -0.3 is 1.43 Å². The molecule has 0 N–H and O–H groups in total. The Labute approximate surface area is 44.1 Å². The average Bonchev–Trinajstić information content (AvgIpc) is 1.41. The molecule has 0 spiro atoms. The third-order valence-electron chi connectivity index (χ3n) is 0.0943. The van der Waals surface area contributed by atoms with Gasteiger partial charge in [-0.1, -0.05) is 0 Å². The second-order valence-corrected chi connectivity index (χ2v) is 6.89. The minimum atomic E-state index is -0.854. The van der Waals surface area contributed by atoms with Gasteiger partial charge in [-0.25, -0.2) is 0 Å². The summed E-state index contributed by atoms with van der Waals surface area (Å²) in [7, 11) is 0. The fourth-order valence-electron chi connectivity index (χ4n) is 0.0192. The van der Waals surface area contributed by atoms with E-state index in [1.165, 1.54) is 0 Å². The first-order valence-electron chi connectivity index (χ1n) is 0.882. The molecule has 0 fully saturated rings. The molecular weight excluding hydrogens is 139 g/mol. The van der Waals surface area contributed by atoms with Crippen LogP contribution in [0.25, 0.3) is 0 Å². The molecule has 0 saturated heterocycles. The molecule has 0 heterocycles. The van der Waals surface area contributed by atoms with E-state index >= 15 is 0 Å². The van der Waals surface area contributed by atoms with Crippen LogP contribution in [0, 0.1) is 0 Å². The van der Waals surface area contributed by atoms with Crippen LogP contribution in [0.5, 0.6) is 0 Å². The monoisotopic (exact) mass is 140 g/mol. The quantitative estimate of drug-likeness (QED) is 0.545. The maximum Gasteiger partial charge on any atom is -1.00 e. The molecule has 5 heteroatoms. The van der Waals surface area contributed by atoms with Crippen LogP contribution in [-0.2, 0) is 30.9 Å². The zero-order chi connectivity index (χ0) is 4.12. The van der Waals surface area contributed by atoms with Crippen molar-refractivity contribution in [2.24, 2.45) is 0 Å². The van der Waals surface area contributed by atoms with Gasteiger partial charge in [0.15, 0.2) is 0 Å². The van der Waals surface area contributed by atoms with Gasteiger partial charge in [-0.15, -0.1) is 0 Å². The van der Waals surface area contributed by atoms with Gasteiger partial charge in [-0.3, -0.25) is 0 Å². The Balaban J connectivity index is 0. The molecule has 0 saturated carbocycles. The van der Waals surface area contributed by atoms with E-state index in [1.807, 2.05) is 0 Å². The standard InChI is InChI=1S/2OP.Sc.H/c2*1-2;;/q2*-1;+3;-1. The van der Waals surface area contributed by atoms with E-state index in [0.29, 0.717) is 0 Å². The molecule has 0 aliphatic rings. The van der Waals surface area contributed by atoms with E-state index in [2.05, 4.69) is 0 Å². The maximum absolute atomic E-state index is 9.36. The Morgan fingerprint density at radius 3 is 1.80 bits per heavy atom. The maximum atomic E-state index is 9.36. The first-order chi connectivity index (χ1) is 2.41. The summed E-state index contributed by atoms with van der Waals surface area (Å²) in [5.41, 5.74) is 0. The van der Waals surface area contributed by atoms with Gasteiger partial charge in [-0.05, 0) is 0 Å². The molecule has 0 aliphatic heterocycles. The largest absolute Gasteiger partial charge is 1.00 e. The van der Waals surface area contributed by atoms with Gasteiger partial charge in [0, 0.05) is 0 Å². The van der Waals surface area contributed by atoms with Crippen molar-refractivity contribution in [2.75, 3.05) is 0 Å². The summed E-state index contributed by atoms with van der Waals surface area (Å²) in [5, 5.41) is 0. The van der Waals surface area contributed by atoms with E-state index in [1.54, 1.807) is 0 Å². The summed E-state index contributed by atoms with van der Waals surface area (Å²) in [6.45, 7) is 0. The van der Waals surface area contributed by atoms with Gasteiger partial charge in [0.05, 0.1) is 0 Å². The van der Waals surface area contributed by atoms with E-state index in [0.717, 1.165) is 0 Å². The van der Waals surface area contributed by atoms with Gasteiger partial charge in [0.1, 0.15) is 0 Å². The van der Waals surface area contributed by atoms with Crippen molar-refractivity contribution in [3.8, 4) is 0 Å². The van der Waals surface area contributed by atoms with Gasteiger partial charge in [0.25, 0.3) is 0 Å². The average molecular weight is 140 g/mol. The zero-order valence-corrected chi connectivity index (χ0v) is 5.88. The van der Waals surface area contributed by atoms with Gasteiger partial charge in [0.2, 0.25) is 0 Å². The summed E-state index contributed by atoms with van der Waals surface area (Å²) < 4.78 is 18.7. The van der Waals surface area contributed by atoms with Crippen LogP contribution in [0.15, 0.2) is 0 Å². The molecule has 2 nitrogen and oxygen atoms in total. The number of hydrogen-bond acceptors (Lipinski definition) is 2. The van der Waals surface area contributed by atoms with E-state index in [4.69, 9.17) is 0 Å². The van der Waals surface area contributed by atoms with Crippen LogP contribution in [0.3, 0.4) is 0 Å². The molecular formula is HO2P2Sc. The summed E-state index contributed by atoms with van der Waals surface area (Å²) in [5.74, 6) is 0.222. The van der Waals surface area contributed by atoms with Crippen LogP contribution in [0.1, 0.15) is 1.43 Å². The molecule has 0 atom stereocenters. The molecule has 0 aliphatic carbocycles. The Bertz CT molecular complexity index is 40.8. The van der Waals surface area contributed by atoms with Crippen LogP contribution < -0.4 is 0 Å². The van der Waals surface area contributed by atoms with Crippen LogP contribution >= 0.6 is 11.6 Å². The Kier molecular flexibility index (Phi) is 6.16. The van der Waals surface area contributed by atoms with E-state index in [9.17, 15) is 9.13 Å². The first-order valence-corrected chi connectivity index (χ1v) is 7.48. The van der Waals surface area contributed by atoms with Crippen LogP contribution in [0.4, 0.5) is 0 Å². The Morgan fingerprint density at radius 2 is 1.80 bits per heavy atom. The molecule has 5 heavy (non-hydrogen) atoms. The predicted octanol–water partition coefficient (Wildman–Crippen LogP) is 1.59. The topological polar surface area (TPSA) is 34.1 Å². The van der Waals surface area contributed by atoms with Crippen LogP contribution in [0.2, 0.25) is 0 Å². The third kappa shape index (κ3) is 5.07. The molecule has 0 aromatic heterocycles. The normalized spacial score (nSPS) is 8.00. The van der Waals surface area contributed by atoms with Gasteiger partial charge in [-0.2, -0.15) is 0 Å². The Morgan fingerprint density at radius 1 is 1.40 bits per heavy atom. The summed E-state index contributed by atoms with van der Waals surface area (Å²) in [6, 6.07) is 0. The van der Waals surface area contributed by atoms with Crippen molar-refractivity contribution < 1.29 is 32.3 Å². The second-order valence-electron chi connectivity index (χ2n) is 0.326. The zero-order valence-electron chi connectivity index (χ0n) is 3.29. The molecule has 0 aromatic rings. The third-order valence-corrected chi connectivity index (χ3v) is 3.50. The fraction of sp³-hybridized carbons (Fsp3) is 0. The van der Waals surface area contributed by atoms with Gasteiger partial charge >= 0.3 is 42.5 Å². The molecule has 0 aromatic carbocycles. The van der Waals surface area contributed by atoms with E-state index < -0.39 is 21.8 Å². The Hall–Kier alpha value is 1.07. The first kappa shape index (κ1) is 6.07. The molecule has 0 amide bonds. The van der Waals surface area contributed by atoms with Crippen molar-refractivity contribution in [2.45, 2.75) is 0 Å². The number of rotatable bonds is 2. The fourth-order valence-corrected chi connectivity index (χ4v) is 0.714. The SMILES string of the molecule is O=[P][Sc+][P]=O.[H-]. The molecule has 0 unspecified atom stereocenters. The summed E-state index contributed by atoms with van der Waals surface area (Å²) >= 11 is -0.854. The minimum absolute atomic E-state index is 0. The minimum Gasteiger partial charge on any atom is -1.00 e. The molecule has 0 radical (unpaired) electrons. The summed E-state index contributed by atoms with van der Waals surface area (Å²) in [6.07, 6.45) is 0. The smallest absolute Gasteiger partial charge is 1.00 e. The molecule has 0 rings (SSSR count). The molecule has 0 bridgehead atoms. The molecule has 26 valence electrons. The predicted molar refractivity (Wildman–Crippen MR) is 16.3 cm³/mol. The van der Waals surface area contributed by atoms with Crippen LogP contribution in [-0.4, -0.2) is 0 Å². The summed E-state index contributed by atoms with van der Waals surface area (Å²) in [4.78, 5) is 0. The van der Waals surface area contributed by atoms with Crippen molar-refractivity contribution in [1.82, 2.24) is 0 Å². The van der Waals surface area contributed by atoms with Crippen molar-refractivity contribution in [3.05, 3.63) is 0 Å². The van der Waals surface area contributed by atoms with Crippen molar-refractivity contribution in [3.63, 3.8) is 0 Å². The van der Waals surface area contributed by atoms with E-state index in [-0.39, 0.29) is 13.0 Å². The van der Waals surface area contributed by atoms with Crippen molar-refractivity contribution in [1.29, 1.82) is 0 Å².